The monoisotopic (exact) mass is 495 g/mol. The lowest BCUT2D eigenvalue weighted by Gasteiger charge is -2.15. The third-order valence-corrected chi connectivity index (χ3v) is 6.16. The van der Waals surface area contributed by atoms with Gasteiger partial charge in [-0.2, -0.15) is 0 Å². The number of methoxy groups -OCH3 is 2. The highest BCUT2D eigenvalue weighted by Crippen LogP contribution is 2.40. The molecule has 2 N–H and O–H groups in total. The number of benzene rings is 2. The SMILES string of the molecule is COc1cc(NC(=O)C2CC2C)c(C(=O)OCC(=O)Nc2ccc3c(c2)C(=O)N(C)C3=O)cc1OC. The van der Waals surface area contributed by atoms with E-state index in [0.717, 1.165) is 11.3 Å². The molecule has 4 amide bonds. The van der Waals surface area contributed by atoms with Crippen LogP contribution in [0.2, 0.25) is 0 Å². The lowest BCUT2D eigenvalue weighted by atomic mass is 10.1. The second kappa shape index (κ2) is 9.68. The number of rotatable bonds is 8. The molecule has 36 heavy (non-hydrogen) atoms. The molecule has 4 rings (SSSR count). The Bertz CT molecular complexity index is 1290. The van der Waals surface area contributed by atoms with Crippen LogP contribution in [0.4, 0.5) is 11.4 Å². The van der Waals surface area contributed by atoms with Crippen LogP contribution in [0, 0.1) is 11.8 Å². The molecule has 1 aliphatic heterocycles. The zero-order valence-corrected chi connectivity index (χ0v) is 20.2. The Morgan fingerprint density at radius 1 is 0.972 bits per heavy atom. The molecular formula is C25H25N3O8. The summed E-state index contributed by atoms with van der Waals surface area (Å²) in [6, 6.07) is 7.13. The molecule has 188 valence electrons. The summed E-state index contributed by atoms with van der Waals surface area (Å²) in [6.45, 7) is 1.32. The highest BCUT2D eigenvalue weighted by Gasteiger charge is 2.39. The van der Waals surface area contributed by atoms with Crippen LogP contribution in [-0.4, -0.2) is 62.4 Å². The van der Waals surface area contributed by atoms with Gasteiger partial charge in [0, 0.05) is 30.8 Å². The summed E-state index contributed by atoms with van der Waals surface area (Å²) in [5.74, 6) is -1.96. The fourth-order valence-corrected chi connectivity index (χ4v) is 3.91. The molecule has 2 aromatic rings. The zero-order valence-electron chi connectivity index (χ0n) is 20.2. The van der Waals surface area contributed by atoms with Crippen LogP contribution in [0.5, 0.6) is 11.5 Å². The van der Waals surface area contributed by atoms with E-state index in [0.29, 0.717) is 5.75 Å². The summed E-state index contributed by atoms with van der Waals surface area (Å²) in [5.41, 5.74) is 0.854. The van der Waals surface area contributed by atoms with Crippen LogP contribution < -0.4 is 20.1 Å². The normalized spacial score (nSPS) is 17.8. The number of ether oxygens (including phenoxy) is 3. The molecule has 1 heterocycles. The van der Waals surface area contributed by atoms with Crippen molar-refractivity contribution in [3.8, 4) is 11.5 Å². The van der Waals surface area contributed by atoms with E-state index in [2.05, 4.69) is 10.6 Å². The van der Waals surface area contributed by atoms with E-state index in [9.17, 15) is 24.0 Å². The van der Waals surface area contributed by atoms with Gasteiger partial charge < -0.3 is 24.8 Å². The van der Waals surface area contributed by atoms with Gasteiger partial charge in [-0.25, -0.2) is 4.79 Å². The van der Waals surface area contributed by atoms with Crippen molar-refractivity contribution < 1.29 is 38.2 Å². The molecule has 1 saturated carbocycles. The van der Waals surface area contributed by atoms with Crippen LogP contribution in [0.15, 0.2) is 30.3 Å². The first-order chi connectivity index (χ1) is 17.1. The molecule has 2 unspecified atom stereocenters. The fourth-order valence-electron chi connectivity index (χ4n) is 3.91. The van der Waals surface area contributed by atoms with Crippen molar-refractivity contribution in [3.63, 3.8) is 0 Å². The summed E-state index contributed by atoms with van der Waals surface area (Å²) in [5, 5.41) is 5.26. The Labute approximate surface area is 206 Å². The number of carbonyl (C=O) groups is 5. The third-order valence-electron chi connectivity index (χ3n) is 6.16. The highest BCUT2D eigenvalue weighted by atomic mass is 16.5. The number of amides is 4. The molecule has 1 fully saturated rings. The Hall–Kier alpha value is -4.41. The summed E-state index contributed by atoms with van der Waals surface area (Å²) in [4.78, 5) is 62.9. The minimum atomic E-state index is -0.860. The predicted molar refractivity (Wildman–Crippen MR) is 127 cm³/mol. The molecule has 0 spiro atoms. The molecule has 2 aromatic carbocycles. The molecule has 2 atom stereocenters. The summed E-state index contributed by atoms with van der Waals surface area (Å²) >= 11 is 0. The summed E-state index contributed by atoms with van der Waals surface area (Å²) < 4.78 is 15.7. The number of esters is 1. The van der Waals surface area contributed by atoms with Gasteiger partial charge in [0.1, 0.15) is 0 Å². The predicted octanol–water partition coefficient (Wildman–Crippen LogP) is 2.32. The van der Waals surface area contributed by atoms with Gasteiger partial charge in [0.05, 0.1) is 36.6 Å². The minimum absolute atomic E-state index is 0.00761. The molecule has 0 radical (unpaired) electrons. The summed E-state index contributed by atoms with van der Waals surface area (Å²) in [6.07, 6.45) is 0.762. The topological polar surface area (TPSA) is 140 Å². The summed E-state index contributed by atoms with van der Waals surface area (Å²) in [7, 11) is 4.20. The fraction of sp³-hybridized carbons (Fsp3) is 0.320. The van der Waals surface area contributed by atoms with Crippen LogP contribution in [0.1, 0.15) is 44.4 Å². The minimum Gasteiger partial charge on any atom is -0.493 e. The van der Waals surface area contributed by atoms with E-state index in [1.807, 2.05) is 6.92 Å². The van der Waals surface area contributed by atoms with Gasteiger partial charge in [-0.05, 0) is 30.5 Å². The average molecular weight is 495 g/mol. The largest absolute Gasteiger partial charge is 0.493 e. The quantitative estimate of drug-likeness (QED) is 0.420. The van der Waals surface area contributed by atoms with Crippen molar-refractivity contribution in [2.24, 2.45) is 11.8 Å². The molecule has 0 saturated heterocycles. The number of carbonyl (C=O) groups excluding carboxylic acids is 5. The average Bonchev–Trinajstić information content (AvgIpc) is 3.57. The van der Waals surface area contributed by atoms with Gasteiger partial charge in [0.15, 0.2) is 18.1 Å². The maximum Gasteiger partial charge on any atom is 0.340 e. The lowest BCUT2D eigenvalue weighted by Crippen LogP contribution is -2.24. The van der Waals surface area contributed by atoms with Crippen molar-refractivity contribution in [2.45, 2.75) is 13.3 Å². The number of fused-ring (bicyclic) bond motifs is 1. The molecular weight excluding hydrogens is 470 g/mol. The molecule has 0 bridgehead atoms. The van der Waals surface area contributed by atoms with Crippen molar-refractivity contribution in [3.05, 3.63) is 47.0 Å². The molecule has 11 heteroatoms. The van der Waals surface area contributed by atoms with Crippen LogP contribution >= 0.6 is 0 Å². The highest BCUT2D eigenvalue weighted by molar-refractivity contribution is 6.21. The van der Waals surface area contributed by atoms with Crippen molar-refractivity contribution in [1.82, 2.24) is 4.90 Å². The van der Waals surface area contributed by atoms with Gasteiger partial charge in [0.2, 0.25) is 5.91 Å². The number of anilines is 2. The number of imide groups is 1. The van der Waals surface area contributed by atoms with E-state index >= 15 is 0 Å². The maximum absolute atomic E-state index is 12.9. The van der Waals surface area contributed by atoms with Crippen molar-refractivity contribution in [2.75, 3.05) is 38.5 Å². The van der Waals surface area contributed by atoms with Crippen molar-refractivity contribution in [1.29, 1.82) is 0 Å². The second-order valence-electron chi connectivity index (χ2n) is 8.62. The smallest absolute Gasteiger partial charge is 0.340 e. The first kappa shape index (κ1) is 24.7. The third kappa shape index (κ3) is 4.72. The molecule has 0 aromatic heterocycles. The van der Waals surface area contributed by atoms with E-state index in [-0.39, 0.29) is 51.6 Å². The van der Waals surface area contributed by atoms with Gasteiger partial charge >= 0.3 is 5.97 Å². The van der Waals surface area contributed by atoms with Crippen LogP contribution in [0.3, 0.4) is 0 Å². The number of hydrogen-bond donors (Lipinski definition) is 2. The molecule has 2 aliphatic rings. The first-order valence-electron chi connectivity index (χ1n) is 11.1. The van der Waals surface area contributed by atoms with E-state index in [4.69, 9.17) is 14.2 Å². The van der Waals surface area contributed by atoms with Gasteiger partial charge in [-0.15, -0.1) is 0 Å². The van der Waals surface area contributed by atoms with Crippen molar-refractivity contribution >= 4 is 41.0 Å². The molecule has 11 nitrogen and oxygen atoms in total. The Morgan fingerprint density at radius 2 is 1.61 bits per heavy atom. The first-order valence-corrected chi connectivity index (χ1v) is 11.1. The number of nitrogens with one attached hydrogen (secondary N) is 2. The van der Waals surface area contributed by atoms with E-state index in [1.165, 1.54) is 51.6 Å². The van der Waals surface area contributed by atoms with Gasteiger partial charge in [-0.3, -0.25) is 24.1 Å². The number of hydrogen-bond acceptors (Lipinski definition) is 8. The Kier molecular flexibility index (Phi) is 6.65. The second-order valence-corrected chi connectivity index (χ2v) is 8.62. The van der Waals surface area contributed by atoms with Gasteiger partial charge in [-0.1, -0.05) is 6.92 Å². The Balaban J connectivity index is 1.45. The maximum atomic E-state index is 12.9. The van der Waals surface area contributed by atoms with E-state index in [1.54, 1.807) is 0 Å². The Morgan fingerprint density at radius 3 is 2.25 bits per heavy atom. The van der Waals surface area contributed by atoms with Gasteiger partial charge in [0.25, 0.3) is 17.7 Å². The van der Waals surface area contributed by atoms with Crippen LogP contribution in [0.25, 0.3) is 0 Å². The van der Waals surface area contributed by atoms with Crippen LogP contribution in [-0.2, 0) is 14.3 Å². The number of nitrogens with zero attached hydrogens (tertiary/aromatic N) is 1. The molecule has 1 aliphatic carbocycles. The lowest BCUT2D eigenvalue weighted by molar-refractivity contribution is -0.119. The van der Waals surface area contributed by atoms with E-state index < -0.39 is 30.3 Å². The zero-order chi connectivity index (χ0) is 26.1. The standard InChI is InChI=1S/C25H25N3O8/c1-12-7-15(12)22(30)27-18-10-20(35-4)19(34-3)9-17(18)25(33)36-11-21(29)26-13-5-6-14-16(8-13)24(32)28(2)23(14)31/h5-6,8-10,12,15H,7,11H2,1-4H3,(H,26,29)(H,27,30).